The molecule has 2 aromatic carbocycles. The van der Waals surface area contributed by atoms with E-state index in [1.165, 1.54) is 4.90 Å². The second-order valence-electron chi connectivity index (χ2n) is 5.09. The van der Waals surface area contributed by atoms with Crippen molar-refractivity contribution in [3.05, 3.63) is 59.4 Å². The van der Waals surface area contributed by atoms with Crippen LogP contribution in [0.1, 0.15) is 10.4 Å². The molecular formula is C16H13F3N2O. The Morgan fingerprint density at radius 1 is 0.955 bits per heavy atom. The van der Waals surface area contributed by atoms with E-state index < -0.39 is 28.9 Å². The molecular weight excluding hydrogens is 293 g/mol. The summed E-state index contributed by atoms with van der Waals surface area (Å²) in [5, 5.41) is 0. The first-order valence-electron chi connectivity index (χ1n) is 6.76. The molecule has 3 rings (SSSR count). The Labute approximate surface area is 125 Å². The van der Waals surface area contributed by atoms with Crippen molar-refractivity contribution in [1.82, 2.24) is 0 Å². The standard InChI is InChI=1S/C16H13F3N2O/c1-20-8-9-21(13-5-3-2-4-12(13)20)16(22)10-6-7-11(17)15(19)14(10)18/h2-7H,8-9H2,1H3. The number of para-hydroxylation sites is 2. The molecule has 1 aliphatic heterocycles. The number of benzene rings is 2. The molecule has 0 saturated carbocycles. The Morgan fingerprint density at radius 3 is 2.36 bits per heavy atom. The fraction of sp³-hybridized carbons (Fsp3) is 0.188. The largest absolute Gasteiger partial charge is 0.371 e. The van der Waals surface area contributed by atoms with E-state index >= 15 is 0 Å². The summed E-state index contributed by atoms with van der Waals surface area (Å²) in [4.78, 5) is 15.9. The Morgan fingerprint density at radius 2 is 1.64 bits per heavy atom. The lowest BCUT2D eigenvalue weighted by atomic mass is 10.1. The van der Waals surface area contributed by atoms with Gasteiger partial charge in [-0.15, -0.1) is 0 Å². The van der Waals surface area contributed by atoms with Gasteiger partial charge in [-0.05, 0) is 24.3 Å². The second-order valence-corrected chi connectivity index (χ2v) is 5.09. The summed E-state index contributed by atoms with van der Waals surface area (Å²) >= 11 is 0. The summed E-state index contributed by atoms with van der Waals surface area (Å²) in [6.45, 7) is 0.902. The average Bonchev–Trinajstić information content (AvgIpc) is 2.53. The van der Waals surface area contributed by atoms with Crippen molar-refractivity contribution in [2.75, 3.05) is 29.9 Å². The van der Waals surface area contributed by atoms with E-state index in [2.05, 4.69) is 0 Å². The minimum Gasteiger partial charge on any atom is -0.371 e. The van der Waals surface area contributed by atoms with Crippen molar-refractivity contribution in [3.63, 3.8) is 0 Å². The molecule has 0 fully saturated rings. The Hall–Kier alpha value is -2.50. The Kier molecular flexibility index (Phi) is 3.52. The van der Waals surface area contributed by atoms with Crippen molar-refractivity contribution in [2.45, 2.75) is 0 Å². The van der Waals surface area contributed by atoms with Gasteiger partial charge in [0.1, 0.15) is 0 Å². The van der Waals surface area contributed by atoms with E-state index in [9.17, 15) is 18.0 Å². The van der Waals surface area contributed by atoms with Gasteiger partial charge in [0.2, 0.25) is 0 Å². The second kappa shape index (κ2) is 5.36. The van der Waals surface area contributed by atoms with Crippen molar-refractivity contribution in [1.29, 1.82) is 0 Å². The van der Waals surface area contributed by atoms with Crippen LogP contribution in [0.2, 0.25) is 0 Å². The molecule has 2 aromatic rings. The zero-order valence-corrected chi connectivity index (χ0v) is 11.8. The Balaban J connectivity index is 2.04. The summed E-state index contributed by atoms with van der Waals surface area (Å²) < 4.78 is 40.2. The van der Waals surface area contributed by atoms with Crippen LogP contribution in [0, 0.1) is 17.5 Å². The highest BCUT2D eigenvalue weighted by Gasteiger charge is 2.28. The molecule has 0 spiro atoms. The highest BCUT2D eigenvalue weighted by Crippen LogP contribution is 2.33. The smallest absolute Gasteiger partial charge is 0.261 e. The predicted octanol–water partition coefficient (Wildman–Crippen LogP) is 3.20. The summed E-state index contributed by atoms with van der Waals surface area (Å²) in [6.07, 6.45) is 0. The van der Waals surface area contributed by atoms with Gasteiger partial charge in [-0.25, -0.2) is 13.2 Å². The van der Waals surface area contributed by atoms with E-state index in [4.69, 9.17) is 0 Å². The third-order valence-electron chi connectivity index (χ3n) is 3.75. The van der Waals surface area contributed by atoms with E-state index in [0.717, 1.165) is 17.8 Å². The number of halogens is 3. The lowest BCUT2D eigenvalue weighted by molar-refractivity contribution is 0.0981. The zero-order chi connectivity index (χ0) is 15.9. The summed E-state index contributed by atoms with van der Waals surface area (Å²) in [5.41, 5.74) is 0.966. The van der Waals surface area contributed by atoms with Gasteiger partial charge in [0, 0.05) is 20.1 Å². The molecule has 0 aromatic heterocycles. The molecule has 1 amide bonds. The molecule has 0 N–H and O–H groups in total. The fourth-order valence-electron chi connectivity index (χ4n) is 2.55. The monoisotopic (exact) mass is 306 g/mol. The topological polar surface area (TPSA) is 23.6 Å². The molecule has 0 atom stereocenters. The number of nitrogens with zero attached hydrogens (tertiary/aromatic N) is 2. The van der Waals surface area contributed by atoms with Crippen LogP contribution in [0.25, 0.3) is 0 Å². The third-order valence-corrected chi connectivity index (χ3v) is 3.75. The van der Waals surface area contributed by atoms with Crippen LogP contribution in [0.3, 0.4) is 0 Å². The lowest BCUT2D eigenvalue weighted by Crippen LogP contribution is -2.43. The maximum Gasteiger partial charge on any atom is 0.261 e. The number of likely N-dealkylation sites (N-methyl/N-ethyl adjacent to an activating group) is 1. The number of amides is 1. The Bertz CT molecular complexity index is 748. The first-order valence-corrected chi connectivity index (χ1v) is 6.76. The molecule has 0 unspecified atom stereocenters. The summed E-state index contributed by atoms with van der Waals surface area (Å²) in [5.74, 6) is -5.08. The van der Waals surface area contributed by atoms with Gasteiger partial charge in [-0.2, -0.15) is 0 Å². The minimum absolute atomic E-state index is 0.338. The van der Waals surface area contributed by atoms with Gasteiger partial charge in [-0.3, -0.25) is 4.79 Å². The van der Waals surface area contributed by atoms with Gasteiger partial charge in [0.15, 0.2) is 17.5 Å². The van der Waals surface area contributed by atoms with Gasteiger partial charge in [-0.1, -0.05) is 12.1 Å². The van der Waals surface area contributed by atoms with Crippen molar-refractivity contribution < 1.29 is 18.0 Å². The van der Waals surface area contributed by atoms with Crippen molar-refractivity contribution in [2.24, 2.45) is 0 Å². The number of rotatable bonds is 1. The van der Waals surface area contributed by atoms with Crippen LogP contribution < -0.4 is 9.80 Å². The minimum atomic E-state index is -1.63. The van der Waals surface area contributed by atoms with Crippen LogP contribution >= 0.6 is 0 Å². The first-order chi connectivity index (χ1) is 10.5. The van der Waals surface area contributed by atoms with E-state index in [-0.39, 0.29) is 0 Å². The van der Waals surface area contributed by atoms with Crippen LogP contribution in [-0.2, 0) is 0 Å². The highest BCUT2D eigenvalue weighted by molar-refractivity contribution is 6.08. The normalized spacial score (nSPS) is 14.0. The van der Waals surface area contributed by atoms with Crippen LogP contribution in [0.4, 0.5) is 24.5 Å². The van der Waals surface area contributed by atoms with Crippen LogP contribution in [0.5, 0.6) is 0 Å². The van der Waals surface area contributed by atoms with Gasteiger partial charge in [0.25, 0.3) is 5.91 Å². The number of carbonyl (C=O) groups is 1. The van der Waals surface area contributed by atoms with Crippen molar-refractivity contribution in [3.8, 4) is 0 Å². The summed E-state index contributed by atoms with van der Waals surface area (Å²) in [6, 6.07) is 8.91. The first kappa shape index (κ1) is 14.4. The average molecular weight is 306 g/mol. The highest BCUT2D eigenvalue weighted by atomic mass is 19.2. The van der Waals surface area contributed by atoms with Crippen LogP contribution in [0.15, 0.2) is 36.4 Å². The van der Waals surface area contributed by atoms with Crippen molar-refractivity contribution >= 4 is 17.3 Å². The number of anilines is 2. The van der Waals surface area contributed by atoms with Crippen LogP contribution in [-0.4, -0.2) is 26.0 Å². The number of fused-ring (bicyclic) bond motifs is 1. The molecule has 1 heterocycles. The quantitative estimate of drug-likeness (QED) is 0.755. The predicted molar refractivity (Wildman–Crippen MR) is 77.7 cm³/mol. The number of carbonyl (C=O) groups excluding carboxylic acids is 1. The molecule has 114 valence electrons. The van der Waals surface area contributed by atoms with Gasteiger partial charge in [0.05, 0.1) is 16.9 Å². The molecule has 0 aliphatic carbocycles. The molecule has 0 radical (unpaired) electrons. The van der Waals surface area contributed by atoms with E-state index in [0.29, 0.717) is 18.8 Å². The molecule has 6 heteroatoms. The number of hydrogen-bond acceptors (Lipinski definition) is 2. The molecule has 1 aliphatic rings. The molecule has 22 heavy (non-hydrogen) atoms. The molecule has 0 saturated heterocycles. The van der Waals surface area contributed by atoms with E-state index in [1.807, 2.05) is 24.1 Å². The summed E-state index contributed by atoms with van der Waals surface area (Å²) in [7, 11) is 1.89. The lowest BCUT2D eigenvalue weighted by Gasteiger charge is -2.35. The van der Waals surface area contributed by atoms with E-state index in [1.54, 1.807) is 12.1 Å². The molecule has 3 nitrogen and oxygen atoms in total. The molecule has 0 bridgehead atoms. The fourth-order valence-corrected chi connectivity index (χ4v) is 2.55. The SMILES string of the molecule is CN1CCN(C(=O)c2ccc(F)c(F)c2F)c2ccccc21. The van der Waals surface area contributed by atoms with Gasteiger partial charge < -0.3 is 9.80 Å². The third kappa shape index (κ3) is 2.20. The van der Waals surface area contributed by atoms with Gasteiger partial charge >= 0.3 is 0 Å². The zero-order valence-electron chi connectivity index (χ0n) is 11.8. The maximum absolute atomic E-state index is 13.8. The maximum atomic E-state index is 13.8. The number of hydrogen-bond donors (Lipinski definition) is 0.